The maximum Gasteiger partial charge on any atom is 0.160 e. The Morgan fingerprint density at radius 2 is 1.69 bits per heavy atom. The molecule has 1 aromatic rings. The molecule has 0 fully saturated rings. The maximum absolute atomic E-state index is 10.9. The molecule has 0 amide bonds. The van der Waals surface area contributed by atoms with E-state index in [0.29, 0.717) is 0 Å². The third-order valence-electron chi connectivity index (χ3n) is 1.52. The lowest BCUT2D eigenvalue weighted by atomic mass is 10.1. The fraction of sp³-hybridized carbons (Fsp3) is 0.417. The molecule has 0 spiro atoms. The zero-order valence-electron chi connectivity index (χ0n) is 8.92. The van der Waals surface area contributed by atoms with Crippen molar-refractivity contribution >= 4 is 5.78 Å². The van der Waals surface area contributed by atoms with Crippen LogP contribution < -0.4 is 0 Å². The van der Waals surface area contributed by atoms with Crippen molar-refractivity contribution in [2.24, 2.45) is 0 Å². The highest BCUT2D eigenvalue weighted by molar-refractivity contribution is 5.95. The van der Waals surface area contributed by atoms with Crippen LogP contribution >= 0.6 is 0 Å². The van der Waals surface area contributed by atoms with E-state index in [1.54, 1.807) is 6.92 Å². The standard InChI is InChI=1S/C9H10O.C3H8/c1-7-5-3-4-6-9(7)8(2)10;1-3-2/h3-6H,1-2H3;3H2,1-2H3. The summed E-state index contributed by atoms with van der Waals surface area (Å²) >= 11 is 0. The van der Waals surface area contributed by atoms with Crippen LogP contribution in [0.15, 0.2) is 24.3 Å². The second kappa shape index (κ2) is 6.41. The van der Waals surface area contributed by atoms with Crippen LogP contribution in [0.5, 0.6) is 0 Å². The van der Waals surface area contributed by atoms with Crippen molar-refractivity contribution < 1.29 is 4.79 Å². The molecule has 0 saturated carbocycles. The first-order valence-electron chi connectivity index (χ1n) is 4.70. The van der Waals surface area contributed by atoms with Crippen molar-refractivity contribution in [2.75, 3.05) is 0 Å². The Bertz CT molecular complexity index is 264. The molecule has 1 rings (SSSR count). The van der Waals surface area contributed by atoms with Crippen LogP contribution in [0.25, 0.3) is 0 Å². The number of ketones is 1. The molecule has 0 radical (unpaired) electrons. The van der Waals surface area contributed by atoms with Crippen molar-refractivity contribution in [3.63, 3.8) is 0 Å². The summed E-state index contributed by atoms with van der Waals surface area (Å²) in [5, 5.41) is 0. The Morgan fingerprint density at radius 3 is 2.00 bits per heavy atom. The zero-order chi connectivity index (χ0) is 10.3. The lowest BCUT2D eigenvalue weighted by Crippen LogP contribution is -1.93. The number of benzene rings is 1. The monoisotopic (exact) mass is 178 g/mol. The van der Waals surface area contributed by atoms with Gasteiger partial charge in [-0.1, -0.05) is 44.5 Å². The molecule has 72 valence electrons. The molecule has 0 heterocycles. The molecule has 0 aliphatic carbocycles. The summed E-state index contributed by atoms with van der Waals surface area (Å²) in [6.45, 7) is 7.78. The Balaban J connectivity index is 0.000000424. The smallest absolute Gasteiger partial charge is 0.160 e. The first kappa shape index (κ1) is 11.9. The summed E-state index contributed by atoms with van der Waals surface area (Å²) in [5.74, 6) is 0.137. The average Bonchev–Trinajstić information content (AvgIpc) is 2.06. The summed E-state index contributed by atoms with van der Waals surface area (Å²) in [5.41, 5.74) is 1.87. The molecule has 0 unspecified atom stereocenters. The van der Waals surface area contributed by atoms with E-state index in [1.807, 2.05) is 31.2 Å². The van der Waals surface area contributed by atoms with Crippen LogP contribution in [0.3, 0.4) is 0 Å². The minimum absolute atomic E-state index is 0.137. The van der Waals surface area contributed by atoms with Gasteiger partial charge in [0.1, 0.15) is 0 Å². The van der Waals surface area contributed by atoms with E-state index in [-0.39, 0.29) is 5.78 Å². The second-order valence-electron chi connectivity index (χ2n) is 3.08. The quantitative estimate of drug-likeness (QED) is 0.600. The molecule has 0 atom stereocenters. The van der Waals surface area contributed by atoms with Gasteiger partial charge in [0.25, 0.3) is 0 Å². The van der Waals surface area contributed by atoms with Gasteiger partial charge in [-0.05, 0) is 19.4 Å². The number of rotatable bonds is 1. The van der Waals surface area contributed by atoms with Crippen molar-refractivity contribution in [2.45, 2.75) is 34.1 Å². The molecule has 1 heteroatoms. The van der Waals surface area contributed by atoms with E-state index in [9.17, 15) is 4.79 Å². The molecule has 0 bridgehead atoms. The Kier molecular flexibility index (Phi) is 5.86. The van der Waals surface area contributed by atoms with Crippen LogP contribution in [0.2, 0.25) is 0 Å². The molecule has 0 aliphatic rings. The van der Waals surface area contributed by atoms with Gasteiger partial charge in [-0.25, -0.2) is 0 Å². The average molecular weight is 178 g/mol. The van der Waals surface area contributed by atoms with E-state index in [4.69, 9.17) is 0 Å². The minimum Gasteiger partial charge on any atom is -0.295 e. The number of carbonyl (C=O) groups excluding carboxylic acids is 1. The fourth-order valence-electron chi connectivity index (χ4n) is 0.968. The molecule has 0 aliphatic heterocycles. The first-order chi connectivity index (χ1) is 6.13. The largest absolute Gasteiger partial charge is 0.295 e. The molecular weight excluding hydrogens is 160 g/mol. The van der Waals surface area contributed by atoms with Gasteiger partial charge in [0.2, 0.25) is 0 Å². The third kappa shape index (κ3) is 4.46. The van der Waals surface area contributed by atoms with E-state index in [0.717, 1.165) is 11.1 Å². The van der Waals surface area contributed by atoms with E-state index in [1.165, 1.54) is 6.42 Å². The van der Waals surface area contributed by atoms with Crippen LogP contribution in [0.4, 0.5) is 0 Å². The second-order valence-corrected chi connectivity index (χ2v) is 3.08. The molecule has 0 saturated heterocycles. The summed E-state index contributed by atoms with van der Waals surface area (Å²) in [6.07, 6.45) is 1.25. The Labute approximate surface area is 80.8 Å². The highest BCUT2D eigenvalue weighted by Gasteiger charge is 1.99. The summed E-state index contributed by atoms with van der Waals surface area (Å²) < 4.78 is 0. The highest BCUT2D eigenvalue weighted by atomic mass is 16.1. The van der Waals surface area contributed by atoms with Crippen LogP contribution in [0.1, 0.15) is 43.1 Å². The number of Topliss-reactive ketones (excluding diaryl/α,β-unsaturated/α-hetero) is 1. The summed E-state index contributed by atoms with van der Waals surface area (Å²) in [7, 11) is 0. The van der Waals surface area contributed by atoms with Gasteiger partial charge in [-0.15, -0.1) is 0 Å². The minimum atomic E-state index is 0.137. The van der Waals surface area contributed by atoms with E-state index >= 15 is 0 Å². The number of hydrogen-bond donors (Lipinski definition) is 0. The normalized spacial score (nSPS) is 8.62. The van der Waals surface area contributed by atoms with Crippen LogP contribution in [-0.2, 0) is 0 Å². The lowest BCUT2D eigenvalue weighted by Gasteiger charge is -1.97. The van der Waals surface area contributed by atoms with Crippen LogP contribution in [0, 0.1) is 6.92 Å². The topological polar surface area (TPSA) is 17.1 Å². The maximum atomic E-state index is 10.9. The number of aryl methyl sites for hydroxylation is 1. The first-order valence-corrected chi connectivity index (χ1v) is 4.70. The molecule has 0 aromatic heterocycles. The molecule has 13 heavy (non-hydrogen) atoms. The van der Waals surface area contributed by atoms with Gasteiger partial charge >= 0.3 is 0 Å². The number of hydrogen-bond acceptors (Lipinski definition) is 1. The van der Waals surface area contributed by atoms with Gasteiger partial charge in [-0.3, -0.25) is 4.79 Å². The SMILES string of the molecule is CC(=O)c1ccccc1C.CCC. The predicted octanol–water partition coefficient (Wildman–Crippen LogP) is 3.61. The van der Waals surface area contributed by atoms with E-state index in [2.05, 4.69) is 13.8 Å². The van der Waals surface area contributed by atoms with Gasteiger partial charge in [0.15, 0.2) is 5.78 Å². The lowest BCUT2D eigenvalue weighted by molar-refractivity contribution is 0.101. The Morgan fingerprint density at radius 1 is 1.23 bits per heavy atom. The molecular formula is C12H18O. The highest BCUT2D eigenvalue weighted by Crippen LogP contribution is 2.06. The predicted molar refractivity (Wildman–Crippen MR) is 57.1 cm³/mol. The zero-order valence-corrected chi connectivity index (χ0v) is 8.92. The van der Waals surface area contributed by atoms with Gasteiger partial charge in [-0.2, -0.15) is 0 Å². The molecule has 1 nitrogen and oxygen atoms in total. The van der Waals surface area contributed by atoms with Crippen LogP contribution in [-0.4, -0.2) is 5.78 Å². The Hall–Kier alpha value is -1.11. The molecule has 0 N–H and O–H groups in total. The van der Waals surface area contributed by atoms with Gasteiger partial charge < -0.3 is 0 Å². The third-order valence-corrected chi connectivity index (χ3v) is 1.52. The fourth-order valence-corrected chi connectivity index (χ4v) is 0.968. The number of carbonyl (C=O) groups is 1. The van der Waals surface area contributed by atoms with Gasteiger partial charge in [0.05, 0.1) is 0 Å². The summed E-state index contributed by atoms with van der Waals surface area (Å²) in [6, 6.07) is 7.60. The van der Waals surface area contributed by atoms with Crippen molar-refractivity contribution in [1.29, 1.82) is 0 Å². The van der Waals surface area contributed by atoms with Crippen molar-refractivity contribution in [1.82, 2.24) is 0 Å². The van der Waals surface area contributed by atoms with Gasteiger partial charge in [0, 0.05) is 5.56 Å². The van der Waals surface area contributed by atoms with Crippen molar-refractivity contribution in [3.05, 3.63) is 35.4 Å². The molecule has 1 aromatic carbocycles. The van der Waals surface area contributed by atoms with E-state index < -0.39 is 0 Å². The summed E-state index contributed by atoms with van der Waals surface area (Å²) in [4.78, 5) is 10.9. The van der Waals surface area contributed by atoms with Crippen molar-refractivity contribution in [3.8, 4) is 0 Å².